The third-order valence-corrected chi connectivity index (χ3v) is 8.39. The first kappa shape index (κ1) is 27.0. The van der Waals surface area contributed by atoms with E-state index in [4.69, 9.17) is 0 Å². The fraction of sp³-hybridized carbons (Fsp3) is 0.243. The molecule has 2 heterocycles. The third-order valence-electron chi connectivity index (χ3n) is 8.39. The van der Waals surface area contributed by atoms with Gasteiger partial charge < -0.3 is 4.90 Å². The third kappa shape index (κ3) is 4.86. The number of hydrogen-bond acceptors (Lipinski definition) is 3. The van der Waals surface area contributed by atoms with Gasteiger partial charge in [-0.25, -0.2) is 9.97 Å². The first-order valence-electron chi connectivity index (χ1n) is 14.9. The summed E-state index contributed by atoms with van der Waals surface area (Å²) >= 11 is 0. The molecule has 0 spiro atoms. The molecule has 41 heavy (non-hydrogen) atoms. The first-order valence-corrected chi connectivity index (χ1v) is 14.9. The minimum absolute atomic E-state index is 0.159. The van der Waals surface area contributed by atoms with Crippen LogP contribution >= 0.6 is 0 Å². The summed E-state index contributed by atoms with van der Waals surface area (Å²) in [6.45, 7) is 14.2. The smallest absolute Gasteiger partial charge is 0.247 e. The van der Waals surface area contributed by atoms with Crippen molar-refractivity contribution in [3.63, 3.8) is 0 Å². The van der Waals surface area contributed by atoms with E-state index in [0.717, 1.165) is 17.1 Å². The fourth-order valence-corrected chi connectivity index (χ4v) is 6.31. The van der Waals surface area contributed by atoms with Crippen molar-refractivity contribution in [3.05, 3.63) is 120 Å². The number of benzene rings is 4. The van der Waals surface area contributed by atoms with Crippen LogP contribution in [0.4, 0.5) is 17.1 Å². The van der Waals surface area contributed by atoms with Gasteiger partial charge in [0, 0.05) is 35.0 Å². The van der Waals surface area contributed by atoms with Gasteiger partial charge in [0.1, 0.15) is 0 Å². The molecular formula is C37H38BN3. The predicted octanol–water partition coefficient (Wildman–Crippen LogP) is 7.81. The molecule has 0 fully saturated rings. The molecule has 204 valence electrons. The van der Waals surface area contributed by atoms with Crippen molar-refractivity contribution in [2.45, 2.75) is 59.3 Å². The van der Waals surface area contributed by atoms with Crippen LogP contribution in [0.5, 0.6) is 0 Å². The molecule has 1 aliphatic heterocycles. The van der Waals surface area contributed by atoms with E-state index in [9.17, 15) is 0 Å². The number of nitrogens with zero attached hydrogens (tertiary/aromatic N) is 3. The van der Waals surface area contributed by atoms with Crippen molar-refractivity contribution in [1.29, 1.82) is 0 Å². The number of hydrogen-bond donors (Lipinski definition) is 0. The molecule has 1 aromatic heterocycles. The maximum absolute atomic E-state index is 4.44. The van der Waals surface area contributed by atoms with Gasteiger partial charge in [-0.05, 0) is 87.8 Å². The van der Waals surface area contributed by atoms with E-state index >= 15 is 0 Å². The first-order chi connectivity index (χ1) is 19.8. The Morgan fingerprint density at radius 3 is 1.59 bits per heavy atom. The van der Waals surface area contributed by atoms with Crippen LogP contribution in [-0.4, -0.2) is 16.7 Å². The Hall–Kier alpha value is -4.18. The lowest BCUT2D eigenvalue weighted by atomic mass is 9.33. The quantitative estimate of drug-likeness (QED) is 0.204. The molecule has 0 aliphatic carbocycles. The van der Waals surface area contributed by atoms with Crippen LogP contribution in [-0.2, 0) is 0 Å². The van der Waals surface area contributed by atoms with Gasteiger partial charge in [-0.1, -0.05) is 95.5 Å². The summed E-state index contributed by atoms with van der Waals surface area (Å²) < 4.78 is 0. The van der Waals surface area contributed by atoms with Crippen LogP contribution in [0.3, 0.4) is 0 Å². The molecule has 0 N–H and O–H groups in total. The predicted molar refractivity (Wildman–Crippen MR) is 176 cm³/mol. The van der Waals surface area contributed by atoms with Crippen molar-refractivity contribution >= 4 is 40.2 Å². The van der Waals surface area contributed by atoms with Gasteiger partial charge in [-0.15, -0.1) is 0 Å². The largest absolute Gasteiger partial charge is 0.312 e. The molecular weight excluding hydrogens is 497 g/mol. The minimum atomic E-state index is 0.159. The molecule has 0 amide bonds. The standard InChI is InChI=1S/C37H38BN3/c1-24(2)28-22-30(25(3)4)36(31(23-28)26(5)6)38-32-12-7-9-14-34(32)41(35-15-10-8-13-33(35)38)29-18-16-27(17-19-29)37-39-20-11-21-40-37/h7-26H,1-6H3. The lowest BCUT2D eigenvalue weighted by molar-refractivity contribution is 0.812. The van der Waals surface area contributed by atoms with Crippen LogP contribution in [0.1, 0.15) is 76.0 Å². The lowest BCUT2D eigenvalue weighted by Crippen LogP contribution is -2.59. The SMILES string of the molecule is CC(C)c1cc(C(C)C)c(B2c3ccccc3N(c3ccc(-c4ncccn4)cc3)c3ccccc32)c(C(C)C)c1. The normalized spacial score (nSPS) is 12.7. The Bertz CT molecular complexity index is 1600. The Balaban J connectivity index is 1.57. The average Bonchev–Trinajstić information content (AvgIpc) is 2.99. The number of para-hydroxylation sites is 2. The van der Waals surface area contributed by atoms with Crippen LogP contribution in [0.2, 0.25) is 0 Å². The highest BCUT2D eigenvalue weighted by molar-refractivity contribution is 6.98. The van der Waals surface area contributed by atoms with Crippen molar-refractivity contribution in [1.82, 2.24) is 9.97 Å². The lowest BCUT2D eigenvalue weighted by Gasteiger charge is -2.38. The number of rotatable bonds is 6. The highest BCUT2D eigenvalue weighted by Gasteiger charge is 2.38. The molecule has 0 saturated heterocycles. The molecule has 0 atom stereocenters. The second kappa shape index (κ2) is 11.0. The molecule has 0 unspecified atom stereocenters. The number of aromatic nitrogens is 2. The highest BCUT2D eigenvalue weighted by Crippen LogP contribution is 2.37. The summed E-state index contributed by atoms with van der Waals surface area (Å²) in [7, 11) is 0. The summed E-state index contributed by atoms with van der Waals surface area (Å²) in [4.78, 5) is 11.3. The monoisotopic (exact) mass is 535 g/mol. The van der Waals surface area contributed by atoms with Crippen molar-refractivity contribution in [3.8, 4) is 11.4 Å². The Kier molecular flexibility index (Phi) is 7.25. The van der Waals surface area contributed by atoms with E-state index in [0.29, 0.717) is 17.8 Å². The van der Waals surface area contributed by atoms with Gasteiger partial charge in [-0.3, -0.25) is 0 Å². The van der Waals surface area contributed by atoms with Gasteiger partial charge in [0.25, 0.3) is 0 Å². The topological polar surface area (TPSA) is 29.0 Å². The van der Waals surface area contributed by atoms with Crippen molar-refractivity contribution < 1.29 is 0 Å². The second-order valence-corrected chi connectivity index (χ2v) is 12.1. The van der Waals surface area contributed by atoms with Crippen LogP contribution < -0.4 is 21.3 Å². The summed E-state index contributed by atoms with van der Waals surface area (Å²) in [5.74, 6) is 2.08. The maximum atomic E-state index is 4.44. The maximum Gasteiger partial charge on any atom is 0.247 e. The highest BCUT2D eigenvalue weighted by atomic mass is 15.1. The van der Waals surface area contributed by atoms with Crippen molar-refractivity contribution in [2.75, 3.05) is 4.90 Å². The molecule has 4 aromatic carbocycles. The van der Waals surface area contributed by atoms with E-state index < -0.39 is 0 Å². The Morgan fingerprint density at radius 1 is 0.585 bits per heavy atom. The molecule has 0 bridgehead atoms. The van der Waals surface area contributed by atoms with Gasteiger partial charge in [0.2, 0.25) is 6.71 Å². The summed E-state index contributed by atoms with van der Waals surface area (Å²) in [6.07, 6.45) is 3.58. The molecule has 5 aromatic rings. The van der Waals surface area contributed by atoms with E-state index in [2.05, 4.69) is 141 Å². The van der Waals surface area contributed by atoms with Gasteiger partial charge >= 0.3 is 0 Å². The number of fused-ring (bicyclic) bond motifs is 2. The zero-order valence-corrected chi connectivity index (χ0v) is 25.0. The summed E-state index contributed by atoms with van der Waals surface area (Å²) in [5.41, 5.74) is 13.2. The Morgan fingerprint density at radius 2 is 1.10 bits per heavy atom. The zero-order valence-electron chi connectivity index (χ0n) is 25.0. The van der Waals surface area contributed by atoms with Crippen LogP contribution in [0.25, 0.3) is 11.4 Å². The molecule has 0 radical (unpaired) electrons. The molecule has 0 saturated carbocycles. The zero-order chi connectivity index (χ0) is 28.7. The average molecular weight is 536 g/mol. The van der Waals surface area contributed by atoms with Gasteiger partial charge in [0.15, 0.2) is 5.82 Å². The van der Waals surface area contributed by atoms with Gasteiger partial charge in [-0.2, -0.15) is 0 Å². The van der Waals surface area contributed by atoms with Crippen LogP contribution in [0.15, 0.2) is 103 Å². The van der Waals surface area contributed by atoms with E-state index in [1.54, 1.807) is 12.4 Å². The summed E-state index contributed by atoms with van der Waals surface area (Å²) in [5, 5.41) is 0. The van der Waals surface area contributed by atoms with Crippen molar-refractivity contribution in [2.24, 2.45) is 0 Å². The van der Waals surface area contributed by atoms with E-state index in [1.165, 1.54) is 44.5 Å². The minimum Gasteiger partial charge on any atom is -0.312 e. The molecule has 4 heteroatoms. The van der Waals surface area contributed by atoms with E-state index in [-0.39, 0.29) is 6.71 Å². The molecule has 3 nitrogen and oxygen atoms in total. The Labute approximate surface area is 245 Å². The van der Waals surface area contributed by atoms with Crippen LogP contribution in [0, 0.1) is 0 Å². The van der Waals surface area contributed by atoms with E-state index in [1.807, 2.05) is 6.07 Å². The fourth-order valence-electron chi connectivity index (χ4n) is 6.31. The molecule has 1 aliphatic rings. The second-order valence-electron chi connectivity index (χ2n) is 12.1. The molecule has 6 rings (SSSR count). The van der Waals surface area contributed by atoms with Gasteiger partial charge in [0.05, 0.1) is 0 Å². The number of anilines is 3. The summed E-state index contributed by atoms with van der Waals surface area (Å²) in [6, 6.07) is 33.4.